The molecule has 3 atom stereocenters. The van der Waals surface area contributed by atoms with Crippen molar-refractivity contribution in [2.45, 2.75) is 45.2 Å². The number of aromatic nitrogens is 1. The van der Waals surface area contributed by atoms with E-state index in [0.717, 1.165) is 15.8 Å². The molecule has 1 aromatic heterocycles. The molecule has 1 saturated heterocycles. The quantitative estimate of drug-likeness (QED) is 0.722. The largest absolute Gasteiger partial charge is 0.502 e. The molecule has 2 amide bonds. The maximum atomic E-state index is 14.2. The van der Waals surface area contributed by atoms with Gasteiger partial charge in [-0.3, -0.25) is 24.1 Å². The molecule has 0 aliphatic carbocycles. The molecule has 1 fully saturated rings. The monoisotopic (exact) mass is 464 g/mol. The summed E-state index contributed by atoms with van der Waals surface area (Å²) in [5, 5.41) is 14.4. The summed E-state index contributed by atoms with van der Waals surface area (Å²) in [4.78, 5) is 39.3. The molecule has 2 aromatic rings. The predicted molar refractivity (Wildman–Crippen MR) is 113 cm³/mol. The maximum Gasteiger partial charge on any atom is 0.277 e. The van der Waals surface area contributed by atoms with Crippen molar-refractivity contribution in [3.8, 4) is 5.75 Å². The highest BCUT2D eigenvalue weighted by molar-refractivity contribution is 5.99. The van der Waals surface area contributed by atoms with Gasteiger partial charge in [0.05, 0.1) is 6.54 Å². The number of carbonyl (C=O) groups excluding carboxylic acids is 2. The van der Waals surface area contributed by atoms with Crippen molar-refractivity contribution >= 4 is 11.8 Å². The van der Waals surface area contributed by atoms with Crippen LogP contribution in [-0.4, -0.2) is 58.1 Å². The Morgan fingerprint density at radius 3 is 2.67 bits per heavy atom. The summed E-state index contributed by atoms with van der Waals surface area (Å²) in [5.74, 6) is -3.22. The molecule has 2 aliphatic heterocycles. The summed E-state index contributed by atoms with van der Waals surface area (Å²) in [5.41, 5.74) is -1.09. The van der Waals surface area contributed by atoms with Gasteiger partial charge in [0.25, 0.3) is 11.8 Å². The lowest BCUT2D eigenvalue weighted by molar-refractivity contribution is 0.0444. The van der Waals surface area contributed by atoms with E-state index >= 15 is 0 Å². The molecule has 11 heteroatoms. The van der Waals surface area contributed by atoms with Crippen LogP contribution in [0.3, 0.4) is 0 Å². The van der Waals surface area contributed by atoms with Crippen molar-refractivity contribution in [1.29, 1.82) is 0 Å². The summed E-state index contributed by atoms with van der Waals surface area (Å²) in [6.45, 7) is 2.48. The number of hydrogen-bond acceptors (Lipinski definition) is 5. The summed E-state index contributed by atoms with van der Waals surface area (Å²) >= 11 is 0. The van der Waals surface area contributed by atoms with E-state index in [1.165, 1.54) is 17.1 Å². The molecule has 3 heterocycles. The molecule has 176 valence electrons. The standard InChI is InChI=1S/C22H23F3N4O4/c1-11-3-4-13(15(23)5-11)7-26-21(32)14-8-28-18(20(31)19(14)30)22(33)27-9-17(25)16(24)6-12(2)29(28)10-27/h3-5,8,12,16-17,31H,6-7,9-10H2,1-2H3,(H,26,32)/t12-,16-,17+/m1/s1. The van der Waals surface area contributed by atoms with Gasteiger partial charge in [0.1, 0.15) is 30.4 Å². The number of carbonyl (C=O) groups is 2. The van der Waals surface area contributed by atoms with Gasteiger partial charge in [0, 0.05) is 30.8 Å². The fraction of sp³-hybridized carbons (Fsp3) is 0.409. The van der Waals surface area contributed by atoms with Gasteiger partial charge in [-0.1, -0.05) is 12.1 Å². The minimum absolute atomic E-state index is 0.113. The average molecular weight is 464 g/mol. The second-order valence-corrected chi connectivity index (χ2v) is 8.42. The Morgan fingerprint density at radius 2 is 1.97 bits per heavy atom. The number of benzene rings is 1. The van der Waals surface area contributed by atoms with Gasteiger partial charge in [-0.05, 0) is 25.5 Å². The number of pyridine rings is 1. The van der Waals surface area contributed by atoms with Gasteiger partial charge < -0.3 is 15.3 Å². The van der Waals surface area contributed by atoms with Gasteiger partial charge in [0.15, 0.2) is 11.4 Å². The van der Waals surface area contributed by atoms with E-state index in [2.05, 4.69) is 5.32 Å². The highest BCUT2D eigenvalue weighted by Crippen LogP contribution is 2.27. The normalized spacial score (nSPS) is 22.5. The SMILES string of the molecule is Cc1ccc(CNC(=O)c2cn3c(c(O)c2=O)C(=O)N2C[C@H](F)[C@H](F)C[C@@H](C)N3C2)c(F)c1. The molecule has 8 nitrogen and oxygen atoms in total. The van der Waals surface area contributed by atoms with Crippen LogP contribution in [0.5, 0.6) is 5.75 Å². The number of nitrogens with one attached hydrogen (secondary N) is 1. The second kappa shape index (κ2) is 8.45. The highest BCUT2D eigenvalue weighted by Gasteiger charge is 2.41. The number of hydrogen-bond donors (Lipinski definition) is 2. The van der Waals surface area contributed by atoms with Crippen LogP contribution in [0.1, 0.15) is 45.3 Å². The zero-order valence-corrected chi connectivity index (χ0v) is 18.0. The molecule has 2 aliphatic rings. The van der Waals surface area contributed by atoms with Crippen molar-refractivity contribution in [3.63, 3.8) is 0 Å². The number of alkyl halides is 2. The fourth-order valence-corrected chi connectivity index (χ4v) is 4.09. The Bertz CT molecular complexity index is 1180. The number of amides is 2. The second-order valence-electron chi connectivity index (χ2n) is 8.42. The molecular formula is C22H23F3N4O4. The fourth-order valence-electron chi connectivity index (χ4n) is 4.09. The Morgan fingerprint density at radius 1 is 1.24 bits per heavy atom. The molecule has 2 bridgehead atoms. The van der Waals surface area contributed by atoms with Crippen LogP contribution in [0.4, 0.5) is 13.2 Å². The third kappa shape index (κ3) is 4.03. The maximum absolute atomic E-state index is 14.2. The molecule has 4 rings (SSSR count). The number of fused-ring (bicyclic) bond motifs is 4. The summed E-state index contributed by atoms with van der Waals surface area (Å²) in [7, 11) is 0. The Kier molecular flexibility index (Phi) is 5.81. The Hall–Kier alpha value is -3.50. The van der Waals surface area contributed by atoms with Crippen molar-refractivity contribution in [2.75, 3.05) is 18.2 Å². The minimum atomic E-state index is -1.90. The average Bonchev–Trinajstić information content (AvgIpc) is 2.75. The van der Waals surface area contributed by atoms with E-state index in [4.69, 9.17) is 0 Å². The molecule has 33 heavy (non-hydrogen) atoms. The molecular weight excluding hydrogens is 441 g/mol. The van der Waals surface area contributed by atoms with Gasteiger partial charge in [0.2, 0.25) is 5.43 Å². The van der Waals surface area contributed by atoms with Crippen molar-refractivity contribution < 1.29 is 27.9 Å². The number of nitrogens with zero attached hydrogens (tertiary/aromatic N) is 3. The van der Waals surface area contributed by atoms with E-state index in [1.807, 2.05) is 0 Å². The molecule has 0 spiro atoms. The topological polar surface area (TPSA) is 94.9 Å². The van der Waals surface area contributed by atoms with Crippen molar-refractivity contribution in [1.82, 2.24) is 14.9 Å². The number of halogens is 3. The van der Waals surface area contributed by atoms with E-state index < -0.39 is 65.0 Å². The Labute approximate surface area is 187 Å². The van der Waals surface area contributed by atoms with Crippen molar-refractivity contribution in [3.05, 3.63) is 62.8 Å². The lowest BCUT2D eigenvalue weighted by atomic mass is 10.0. The molecule has 1 aromatic carbocycles. The summed E-state index contributed by atoms with van der Waals surface area (Å²) < 4.78 is 43.6. The third-order valence-corrected chi connectivity index (χ3v) is 6.00. The van der Waals surface area contributed by atoms with Crippen LogP contribution in [-0.2, 0) is 6.54 Å². The smallest absolute Gasteiger partial charge is 0.277 e. The van der Waals surface area contributed by atoms with E-state index in [1.54, 1.807) is 19.9 Å². The van der Waals surface area contributed by atoms with Gasteiger partial charge >= 0.3 is 0 Å². The first kappa shape index (κ1) is 22.7. The molecule has 2 N–H and O–H groups in total. The van der Waals surface area contributed by atoms with Gasteiger partial charge in [-0.25, -0.2) is 13.2 Å². The lowest BCUT2D eigenvalue weighted by Crippen LogP contribution is -2.61. The number of rotatable bonds is 3. The van der Waals surface area contributed by atoms with E-state index in [0.29, 0.717) is 5.56 Å². The molecule has 0 radical (unpaired) electrons. The first-order valence-electron chi connectivity index (χ1n) is 10.4. The lowest BCUT2D eigenvalue weighted by Gasteiger charge is -2.45. The van der Waals surface area contributed by atoms with Crippen molar-refractivity contribution in [2.24, 2.45) is 0 Å². The zero-order chi connectivity index (χ0) is 24.0. The van der Waals surface area contributed by atoms with Crippen LogP contribution in [0.15, 0.2) is 29.2 Å². The van der Waals surface area contributed by atoms with Crippen LogP contribution >= 0.6 is 0 Å². The van der Waals surface area contributed by atoms with Gasteiger partial charge in [-0.15, -0.1) is 0 Å². The van der Waals surface area contributed by atoms with Crippen LogP contribution in [0, 0.1) is 12.7 Å². The van der Waals surface area contributed by atoms with Crippen LogP contribution in [0.2, 0.25) is 0 Å². The first-order valence-corrected chi connectivity index (χ1v) is 10.4. The van der Waals surface area contributed by atoms with Crippen LogP contribution < -0.4 is 15.8 Å². The predicted octanol–water partition coefficient (Wildman–Crippen LogP) is 1.75. The summed E-state index contributed by atoms with van der Waals surface area (Å²) in [6, 6.07) is 3.86. The number of aryl methyl sites for hydroxylation is 1. The van der Waals surface area contributed by atoms with E-state index in [9.17, 15) is 32.7 Å². The minimum Gasteiger partial charge on any atom is -0.502 e. The first-order chi connectivity index (χ1) is 15.6. The number of aromatic hydroxyl groups is 1. The molecule has 0 unspecified atom stereocenters. The highest BCUT2D eigenvalue weighted by atomic mass is 19.2. The van der Waals surface area contributed by atoms with Crippen LogP contribution in [0.25, 0.3) is 0 Å². The van der Waals surface area contributed by atoms with Gasteiger partial charge in [-0.2, -0.15) is 0 Å². The Balaban J connectivity index is 1.69. The zero-order valence-electron chi connectivity index (χ0n) is 18.0. The molecule has 0 saturated carbocycles. The third-order valence-electron chi connectivity index (χ3n) is 6.00. The summed E-state index contributed by atoms with van der Waals surface area (Å²) in [6.07, 6.45) is -2.80. The van der Waals surface area contributed by atoms with E-state index in [-0.39, 0.29) is 25.2 Å².